The van der Waals surface area contributed by atoms with Crippen LogP contribution in [0.4, 0.5) is 5.69 Å². The highest BCUT2D eigenvalue weighted by Crippen LogP contribution is 2.26. The van der Waals surface area contributed by atoms with Gasteiger partial charge in [0.25, 0.3) is 5.91 Å². The van der Waals surface area contributed by atoms with Crippen molar-refractivity contribution in [3.63, 3.8) is 0 Å². The van der Waals surface area contributed by atoms with E-state index in [9.17, 15) is 9.59 Å². The number of hydrogen-bond acceptors (Lipinski definition) is 3. The fraction of sp³-hybridized carbons (Fsp3) is 0.467. The van der Waals surface area contributed by atoms with Gasteiger partial charge in [-0.05, 0) is 51.1 Å². The maximum atomic E-state index is 12.2. The largest absolute Gasteiger partial charge is 0.352 e. The van der Waals surface area contributed by atoms with Gasteiger partial charge in [0.1, 0.15) is 0 Å². The Hall–Kier alpha value is -1.88. The first-order chi connectivity index (χ1) is 9.55. The summed E-state index contributed by atoms with van der Waals surface area (Å²) in [5.41, 5.74) is 0.966. The quantitative estimate of drug-likeness (QED) is 0.777. The molecule has 3 N–H and O–H groups in total. The predicted molar refractivity (Wildman–Crippen MR) is 78.7 cm³/mol. The third kappa shape index (κ3) is 3.17. The molecular formula is C15H21N3O2. The van der Waals surface area contributed by atoms with Gasteiger partial charge in [-0.2, -0.15) is 0 Å². The molecular weight excluding hydrogens is 254 g/mol. The summed E-state index contributed by atoms with van der Waals surface area (Å²) in [6.07, 6.45) is 0.843. The van der Waals surface area contributed by atoms with Gasteiger partial charge < -0.3 is 16.0 Å². The van der Waals surface area contributed by atoms with Crippen LogP contribution in [0.2, 0.25) is 0 Å². The van der Waals surface area contributed by atoms with Gasteiger partial charge in [-0.3, -0.25) is 9.59 Å². The smallest absolute Gasteiger partial charge is 0.251 e. The molecule has 5 nitrogen and oxygen atoms in total. The Balaban J connectivity index is 2.00. The number of nitrogens with one attached hydrogen (secondary N) is 3. The van der Waals surface area contributed by atoms with Gasteiger partial charge in [-0.15, -0.1) is 0 Å². The number of amides is 2. The van der Waals surface area contributed by atoms with Crippen molar-refractivity contribution in [2.75, 3.05) is 25.0 Å². The molecule has 1 aromatic rings. The third-order valence-corrected chi connectivity index (χ3v) is 3.66. The zero-order valence-electron chi connectivity index (χ0n) is 12.0. The Bertz CT molecular complexity index is 490. The van der Waals surface area contributed by atoms with E-state index < -0.39 is 0 Å². The second-order valence-electron chi connectivity index (χ2n) is 5.38. The van der Waals surface area contributed by atoms with Gasteiger partial charge in [0, 0.05) is 24.3 Å². The van der Waals surface area contributed by atoms with Crippen molar-refractivity contribution in [3.05, 3.63) is 29.8 Å². The lowest BCUT2D eigenvalue weighted by atomic mass is 9.89. The van der Waals surface area contributed by atoms with Crippen LogP contribution in [0.5, 0.6) is 0 Å². The number of rotatable bonds is 4. The SMILES string of the molecule is CCNC(=O)c1ccc(NC(=O)C2(C)CCNC2)cc1. The summed E-state index contributed by atoms with van der Waals surface area (Å²) >= 11 is 0. The highest BCUT2D eigenvalue weighted by molar-refractivity contribution is 5.97. The Morgan fingerprint density at radius 2 is 2.00 bits per heavy atom. The molecule has 1 heterocycles. The Morgan fingerprint density at radius 3 is 2.55 bits per heavy atom. The first kappa shape index (κ1) is 14.5. The molecule has 0 radical (unpaired) electrons. The molecule has 5 heteroatoms. The summed E-state index contributed by atoms with van der Waals surface area (Å²) in [6.45, 7) is 6.02. The first-order valence-corrected chi connectivity index (χ1v) is 6.95. The fourth-order valence-electron chi connectivity index (χ4n) is 2.26. The second kappa shape index (κ2) is 6.05. The topological polar surface area (TPSA) is 70.2 Å². The Labute approximate surface area is 119 Å². The molecule has 0 aromatic heterocycles. The maximum Gasteiger partial charge on any atom is 0.251 e. The highest BCUT2D eigenvalue weighted by Gasteiger charge is 2.36. The van der Waals surface area contributed by atoms with E-state index in [1.54, 1.807) is 24.3 Å². The predicted octanol–water partition coefficient (Wildman–Crippen LogP) is 1.37. The van der Waals surface area contributed by atoms with Crippen LogP contribution in [0.3, 0.4) is 0 Å². The van der Waals surface area contributed by atoms with Gasteiger partial charge >= 0.3 is 0 Å². The molecule has 1 saturated heterocycles. The molecule has 0 aliphatic carbocycles. The van der Waals surface area contributed by atoms with Crippen LogP contribution in [0.15, 0.2) is 24.3 Å². The molecule has 0 saturated carbocycles. The van der Waals surface area contributed by atoms with Crippen molar-refractivity contribution in [2.24, 2.45) is 5.41 Å². The van der Waals surface area contributed by atoms with Crippen LogP contribution in [-0.4, -0.2) is 31.4 Å². The molecule has 0 bridgehead atoms. The molecule has 1 aromatic carbocycles. The van der Waals surface area contributed by atoms with Crippen LogP contribution >= 0.6 is 0 Å². The number of carbonyl (C=O) groups is 2. The zero-order chi connectivity index (χ0) is 14.6. The molecule has 1 unspecified atom stereocenters. The first-order valence-electron chi connectivity index (χ1n) is 6.95. The van der Waals surface area contributed by atoms with Gasteiger partial charge in [0.2, 0.25) is 5.91 Å². The van der Waals surface area contributed by atoms with Crippen LogP contribution < -0.4 is 16.0 Å². The molecule has 108 valence electrons. The van der Waals surface area contributed by atoms with E-state index in [0.717, 1.165) is 18.7 Å². The lowest BCUT2D eigenvalue weighted by molar-refractivity contribution is -0.123. The highest BCUT2D eigenvalue weighted by atomic mass is 16.2. The lowest BCUT2D eigenvalue weighted by Crippen LogP contribution is -2.35. The summed E-state index contributed by atoms with van der Waals surface area (Å²) in [4.78, 5) is 23.9. The van der Waals surface area contributed by atoms with Crippen molar-refractivity contribution in [3.8, 4) is 0 Å². The third-order valence-electron chi connectivity index (χ3n) is 3.66. The lowest BCUT2D eigenvalue weighted by Gasteiger charge is -2.21. The minimum absolute atomic E-state index is 0.0215. The molecule has 1 aliphatic rings. The summed E-state index contributed by atoms with van der Waals surface area (Å²) < 4.78 is 0. The van der Waals surface area contributed by atoms with E-state index in [-0.39, 0.29) is 17.2 Å². The van der Waals surface area contributed by atoms with Crippen molar-refractivity contribution < 1.29 is 9.59 Å². The second-order valence-corrected chi connectivity index (χ2v) is 5.38. The van der Waals surface area contributed by atoms with Crippen molar-refractivity contribution >= 4 is 17.5 Å². The van der Waals surface area contributed by atoms with Gasteiger partial charge in [0.15, 0.2) is 0 Å². The number of carbonyl (C=O) groups excluding carboxylic acids is 2. The molecule has 1 aliphatic heterocycles. The minimum Gasteiger partial charge on any atom is -0.352 e. The fourth-order valence-corrected chi connectivity index (χ4v) is 2.26. The van der Waals surface area contributed by atoms with E-state index in [1.165, 1.54) is 0 Å². The number of hydrogen-bond donors (Lipinski definition) is 3. The molecule has 0 spiro atoms. The Morgan fingerprint density at radius 1 is 1.30 bits per heavy atom. The average Bonchev–Trinajstić information content (AvgIpc) is 2.88. The van der Waals surface area contributed by atoms with Crippen molar-refractivity contribution in [2.45, 2.75) is 20.3 Å². The summed E-state index contributed by atoms with van der Waals surface area (Å²) in [7, 11) is 0. The van der Waals surface area contributed by atoms with Crippen LogP contribution in [-0.2, 0) is 4.79 Å². The number of anilines is 1. The van der Waals surface area contributed by atoms with E-state index in [2.05, 4.69) is 16.0 Å². The van der Waals surface area contributed by atoms with Gasteiger partial charge in [-0.1, -0.05) is 0 Å². The van der Waals surface area contributed by atoms with Crippen molar-refractivity contribution in [1.29, 1.82) is 0 Å². The van der Waals surface area contributed by atoms with Gasteiger partial charge in [0.05, 0.1) is 5.41 Å². The summed E-state index contributed by atoms with van der Waals surface area (Å²) in [5.74, 6) is -0.0782. The normalized spacial score (nSPS) is 21.5. The molecule has 2 rings (SSSR count). The molecule has 20 heavy (non-hydrogen) atoms. The maximum absolute atomic E-state index is 12.2. The van der Waals surface area contributed by atoms with E-state index >= 15 is 0 Å². The van der Waals surface area contributed by atoms with E-state index in [0.29, 0.717) is 18.7 Å². The average molecular weight is 275 g/mol. The van der Waals surface area contributed by atoms with E-state index in [4.69, 9.17) is 0 Å². The standard InChI is InChI=1S/C15H21N3O2/c1-3-17-13(19)11-4-6-12(7-5-11)18-14(20)15(2)8-9-16-10-15/h4-7,16H,3,8-10H2,1-2H3,(H,17,19)(H,18,20). The molecule has 1 atom stereocenters. The van der Waals surface area contributed by atoms with Gasteiger partial charge in [-0.25, -0.2) is 0 Å². The van der Waals surface area contributed by atoms with Crippen LogP contribution in [0.1, 0.15) is 30.6 Å². The number of benzene rings is 1. The monoisotopic (exact) mass is 275 g/mol. The molecule has 1 fully saturated rings. The van der Waals surface area contributed by atoms with Crippen molar-refractivity contribution in [1.82, 2.24) is 10.6 Å². The minimum atomic E-state index is -0.349. The van der Waals surface area contributed by atoms with Crippen LogP contribution in [0, 0.1) is 5.41 Å². The zero-order valence-corrected chi connectivity index (χ0v) is 12.0. The van der Waals surface area contributed by atoms with E-state index in [1.807, 2.05) is 13.8 Å². The van der Waals surface area contributed by atoms with Crippen LogP contribution in [0.25, 0.3) is 0 Å². The summed E-state index contributed by atoms with van der Waals surface area (Å²) in [5, 5.41) is 8.85. The molecule has 2 amide bonds. The Kier molecular flexibility index (Phi) is 4.39. The summed E-state index contributed by atoms with van der Waals surface area (Å²) in [6, 6.07) is 6.95.